The number of pyridine rings is 1. The molecule has 0 N–H and O–H groups in total. The molecule has 0 amide bonds. The zero-order valence-corrected chi connectivity index (χ0v) is 17.2. The molecule has 0 aromatic carbocycles. The molecule has 5 heterocycles. The van der Waals surface area contributed by atoms with Crippen LogP contribution < -0.4 is 10.5 Å². The second-order valence-electron chi connectivity index (χ2n) is 8.94. The molecule has 0 aliphatic carbocycles. The number of hydrogen-bond donors (Lipinski definition) is 0. The lowest BCUT2D eigenvalue weighted by Gasteiger charge is -2.47. The van der Waals surface area contributed by atoms with Gasteiger partial charge in [-0.05, 0) is 44.1 Å². The summed E-state index contributed by atoms with van der Waals surface area (Å²) in [5, 5.41) is 4.98. The lowest BCUT2D eigenvalue weighted by Crippen LogP contribution is -2.49. The van der Waals surface area contributed by atoms with E-state index in [2.05, 4.69) is 44.5 Å². The van der Waals surface area contributed by atoms with Crippen LogP contribution in [0.25, 0.3) is 11.1 Å². The van der Waals surface area contributed by atoms with Crippen LogP contribution in [-0.2, 0) is 0 Å². The molecular weight excluding hydrogens is 366 g/mol. The van der Waals surface area contributed by atoms with Gasteiger partial charge in [-0.2, -0.15) is 4.98 Å². The summed E-state index contributed by atoms with van der Waals surface area (Å²) in [4.78, 5) is 24.0. The Morgan fingerprint density at radius 3 is 2.93 bits per heavy atom. The van der Waals surface area contributed by atoms with Crippen molar-refractivity contribution in [2.45, 2.75) is 52.0 Å². The Morgan fingerprint density at radius 2 is 2.10 bits per heavy atom. The molecule has 29 heavy (non-hydrogen) atoms. The highest BCUT2D eigenvalue weighted by Crippen LogP contribution is 2.44. The highest BCUT2D eigenvalue weighted by molar-refractivity contribution is 5.87. The van der Waals surface area contributed by atoms with Crippen LogP contribution in [-0.4, -0.2) is 32.8 Å². The first-order valence-electron chi connectivity index (χ1n) is 10.6. The van der Waals surface area contributed by atoms with Crippen LogP contribution in [0.3, 0.4) is 0 Å². The number of aromatic nitrogens is 4. The molecule has 2 aliphatic rings. The Labute approximate surface area is 169 Å². The minimum Gasteiger partial charge on any atom is -0.355 e. The summed E-state index contributed by atoms with van der Waals surface area (Å²) in [7, 11) is 0. The van der Waals surface area contributed by atoms with E-state index >= 15 is 0 Å². The number of rotatable bonds is 4. The number of anilines is 1. The highest BCUT2D eigenvalue weighted by atomic mass is 16.5. The first kappa shape index (κ1) is 18.3. The fourth-order valence-corrected chi connectivity index (χ4v) is 5.23. The average molecular weight is 393 g/mol. The molecule has 3 aromatic heterocycles. The molecular formula is C22H27N5O2. The first-order chi connectivity index (χ1) is 14.0. The van der Waals surface area contributed by atoms with E-state index in [9.17, 15) is 4.79 Å². The van der Waals surface area contributed by atoms with E-state index in [-0.39, 0.29) is 11.6 Å². The van der Waals surface area contributed by atoms with Gasteiger partial charge in [0.2, 0.25) is 0 Å². The highest BCUT2D eigenvalue weighted by Gasteiger charge is 2.41. The van der Waals surface area contributed by atoms with E-state index in [1.807, 2.05) is 13.0 Å². The second-order valence-corrected chi connectivity index (χ2v) is 8.94. The minimum atomic E-state index is 0.138. The Morgan fingerprint density at radius 1 is 1.24 bits per heavy atom. The summed E-state index contributed by atoms with van der Waals surface area (Å²) in [6.45, 7) is 8.16. The van der Waals surface area contributed by atoms with Gasteiger partial charge in [-0.15, -0.1) is 0 Å². The maximum absolute atomic E-state index is 12.8. The van der Waals surface area contributed by atoms with E-state index in [0.29, 0.717) is 23.5 Å². The van der Waals surface area contributed by atoms with E-state index in [1.165, 1.54) is 5.69 Å². The zero-order valence-electron chi connectivity index (χ0n) is 17.2. The lowest BCUT2D eigenvalue weighted by atomic mass is 9.76. The summed E-state index contributed by atoms with van der Waals surface area (Å²) >= 11 is 0. The monoisotopic (exact) mass is 393 g/mol. The molecule has 2 bridgehead atoms. The summed E-state index contributed by atoms with van der Waals surface area (Å²) in [6.07, 6.45) is 4.83. The Bertz CT molecular complexity index is 1100. The van der Waals surface area contributed by atoms with Gasteiger partial charge in [0.1, 0.15) is 17.5 Å². The van der Waals surface area contributed by atoms with Crippen molar-refractivity contribution in [2.24, 2.45) is 11.8 Å². The minimum absolute atomic E-state index is 0.138. The number of aryl methyl sites for hydroxylation is 1. The van der Waals surface area contributed by atoms with Gasteiger partial charge >= 0.3 is 0 Å². The third-order valence-corrected chi connectivity index (χ3v) is 6.56. The Balaban J connectivity index is 1.57. The van der Waals surface area contributed by atoms with Crippen molar-refractivity contribution in [3.8, 4) is 0 Å². The van der Waals surface area contributed by atoms with E-state index in [0.717, 1.165) is 49.2 Å². The summed E-state index contributed by atoms with van der Waals surface area (Å²) < 4.78 is 7.45. The standard InChI is InChI=1S/C22H27N5O2/c1-13(2)7-8-18-16-9-15(17-5-4-6-19(28)27(17)18)10-26(11-16)21-20-14(3)25-29-22(20)24-12-23-21/h4-6,12-13,15-16,18H,7-11H2,1-3H3/t15-,16+,18+/m1/s1. The molecule has 5 rings (SSSR count). The van der Waals surface area contributed by atoms with Gasteiger partial charge in [0.25, 0.3) is 11.3 Å². The van der Waals surface area contributed by atoms with Crippen LogP contribution in [0.1, 0.15) is 56.5 Å². The van der Waals surface area contributed by atoms with Crippen molar-refractivity contribution in [1.29, 1.82) is 0 Å². The molecule has 2 aliphatic heterocycles. The van der Waals surface area contributed by atoms with Crippen molar-refractivity contribution in [1.82, 2.24) is 19.7 Å². The topological polar surface area (TPSA) is 77.1 Å². The van der Waals surface area contributed by atoms with E-state index in [4.69, 9.17) is 4.52 Å². The Hall–Kier alpha value is -2.70. The quantitative estimate of drug-likeness (QED) is 0.673. The maximum atomic E-state index is 12.8. The molecule has 7 heteroatoms. The number of hydrogen-bond acceptors (Lipinski definition) is 6. The van der Waals surface area contributed by atoms with Crippen LogP contribution in [0.15, 0.2) is 33.8 Å². The fraction of sp³-hybridized carbons (Fsp3) is 0.545. The van der Waals surface area contributed by atoms with E-state index < -0.39 is 0 Å². The van der Waals surface area contributed by atoms with Crippen LogP contribution in [0, 0.1) is 18.8 Å². The molecule has 1 saturated heterocycles. The van der Waals surface area contributed by atoms with Crippen LogP contribution >= 0.6 is 0 Å². The fourth-order valence-electron chi connectivity index (χ4n) is 5.23. The van der Waals surface area contributed by atoms with Crippen molar-refractivity contribution in [2.75, 3.05) is 18.0 Å². The van der Waals surface area contributed by atoms with Crippen LogP contribution in [0.4, 0.5) is 5.82 Å². The first-order valence-corrected chi connectivity index (χ1v) is 10.6. The van der Waals surface area contributed by atoms with E-state index in [1.54, 1.807) is 12.4 Å². The van der Waals surface area contributed by atoms with Crippen molar-refractivity contribution >= 4 is 16.9 Å². The average Bonchev–Trinajstić information content (AvgIpc) is 3.09. The smallest absolute Gasteiger partial charge is 0.263 e. The molecule has 3 aromatic rings. The number of piperidine rings is 1. The molecule has 0 radical (unpaired) electrons. The molecule has 0 unspecified atom stereocenters. The van der Waals surface area contributed by atoms with Gasteiger partial charge in [0, 0.05) is 36.8 Å². The molecule has 0 saturated carbocycles. The molecule has 7 nitrogen and oxygen atoms in total. The van der Waals surface area contributed by atoms with Crippen molar-refractivity contribution in [3.05, 3.63) is 46.3 Å². The predicted octanol–water partition coefficient (Wildman–Crippen LogP) is 3.69. The second kappa shape index (κ2) is 6.97. The van der Waals surface area contributed by atoms with Gasteiger partial charge < -0.3 is 14.0 Å². The maximum Gasteiger partial charge on any atom is 0.263 e. The van der Waals surface area contributed by atoms with Gasteiger partial charge in [-0.3, -0.25) is 4.79 Å². The summed E-state index contributed by atoms with van der Waals surface area (Å²) in [5.41, 5.74) is 2.66. The SMILES string of the molecule is Cc1noc2ncnc(N3C[C@H]4C[C@@H](C3)[C@H](CCC(C)C)n3c4cccc3=O)c12. The Kier molecular flexibility index (Phi) is 4.41. The van der Waals surface area contributed by atoms with Crippen LogP contribution in [0.2, 0.25) is 0 Å². The van der Waals surface area contributed by atoms with Crippen molar-refractivity contribution in [3.63, 3.8) is 0 Å². The number of nitrogens with zero attached hydrogens (tertiary/aromatic N) is 5. The van der Waals surface area contributed by atoms with Gasteiger partial charge in [0.05, 0.1) is 5.69 Å². The third-order valence-electron chi connectivity index (χ3n) is 6.56. The summed E-state index contributed by atoms with van der Waals surface area (Å²) in [6, 6.07) is 5.98. The number of fused-ring (bicyclic) bond motifs is 5. The molecule has 1 fully saturated rings. The normalized spacial score (nSPS) is 23.6. The molecule has 0 spiro atoms. The zero-order chi connectivity index (χ0) is 20.1. The lowest BCUT2D eigenvalue weighted by molar-refractivity contribution is 0.195. The summed E-state index contributed by atoms with van der Waals surface area (Å²) in [5.74, 6) is 2.27. The largest absolute Gasteiger partial charge is 0.355 e. The van der Waals surface area contributed by atoms with Crippen LogP contribution in [0.5, 0.6) is 0 Å². The van der Waals surface area contributed by atoms with Gasteiger partial charge in [-0.25, -0.2) is 4.98 Å². The third kappa shape index (κ3) is 3.03. The predicted molar refractivity (Wildman–Crippen MR) is 111 cm³/mol. The van der Waals surface area contributed by atoms with Crippen molar-refractivity contribution < 1.29 is 4.52 Å². The van der Waals surface area contributed by atoms with Gasteiger partial charge in [-0.1, -0.05) is 25.1 Å². The van der Waals surface area contributed by atoms with Gasteiger partial charge in [0.15, 0.2) is 0 Å². The molecule has 3 atom stereocenters. The molecule has 152 valence electrons.